The van der Waals surface area contributed by atoms with Gasteiger partial charge in [0.15, 0.2) is 0 Å². The number of hydrogen-bond acceptors (Lipinski definition) is 4. The van der Waals surface area contributed by atoms with Gasteiger partial charge in [-0.3, -0.25) is 14.5 Å². The molecule has 0 saturated heterocycles. The van der Waals surface area contributed by atoms with E-state index in [1.54, 1.807) is 0 Å². The van der Waals surface area contributed by atoms with Crippen LogP contribution in [0.1, 0.15) is 31.7 Å². The van der Waals surface area contributed by atoms with E-state index in [0.717, 1.165) is 37.1 Å². The number of carboxylic acid groups (broad SMARTS) is 1. The highest BCUT2D eigenvalue weighted by Crippen LogP contribution is 2.25. The zero-order valence-corrected chi connectivity index (χ0v) is 15.4. The summed E-state index contributed by atoms with van der Waals surface area (Å²) in [5.41, 5.74) is 2.30. The summed E-state index contributed by atoms with van der Waals surface area (Å²) in [6.07, 6.45) is 2.88. The number of anilines is 1. The van der Waals surface area contributed by atoms with Crippen molar-refractivity contribution in [1.29, 1.82) is 0 Å². The van der Waals surface area contributed by atoms with Gasteiger partial charge in [0.1, 0.15) is 0 Å². The monoisotopic (exact) mass is 347 g/mol. The first-order chi connectivity index (χ1) is 11.9. The third kappa shape index (κ3) is 5.74. The van der Waals surface area contributed by atoms with E-state index in [1.165, 1.54) is 0 Å². The Morgan fingerprint density at radius 2 is 2.00 bits per heavy atom. The van der Waals surface area contributed by atoms with Crippen LogP contribution in [-0.2, 0) is 16.0 Å². The van der Waals surface area contributed by atoms with Crippen LogP contribution in [0.4, 0.5) is 5.69 Å². The second kappa shape index (κ2) is 8.85. The molecule has 1 aliphatic rings. The number of benzene rings is 1. The molecule has 1 aliphatic carbocycles. The van der Waals surface area contributed by atoms with Gasteiger partial charge in [-0.2, -0.15) is 0 Å². The second-order valence-electron chi connectivity index (χ2n) is 6.91. The predicted octanol–water partition coefficient (Wildman–Crippen LogP) is 1.74. The SMILES string of the molecule is CCN(CC(=O)O)C1CC(NC(=O)CCc2cccc(N(C)C)c2)C1. The van der Waals surface area contributed by atoms with Crippen molar-refractivity contribution in [2.24, 2.45) is 0 Å². The number of carboxylic acids is 1. The summed E-state index contributed by atoms with van der Waals surface area (Å²) in [5.74, 6) is -0.728. The fourth-order valence-corrected chi connectivity index (χ4v) is 3.22. The molecular formula is C19H29N3O3. The first-order valence-corrected chi connectivity index (χ1v) is 8.90. The van der Waals surface area contributed by atoms with E-state index in [-0.39, 0.29) is 24.5 Å². The third-order valence-corrected chi connectivity index (χ3v) is 4.81. The van der Waals surface area contributed by atoms with Crippen LogP contribution in [0.25, 0.3) is 0 Å². The number of hydrogen-bond donors (Lipinski definition) is 2. The molecule has 1 aromatic rings. The largest absolute Gasteiger partial charge is 0.480 e. The molecule has 138 valence electrons. The molecule has 6 nitrogen and oxygen atoms in total. The quantitative estimate of drug-likeness (QED) is 0.712. The van der Waals surface area contributed by atoms with Crippen LogP contribution in [0.2, 0.25) is 0 Å². The molecule has 0 bridgehead atoms. The first-order valence-electron chi connectivity index (χ1n) is 8.90. The molecule has 6 heteroatoms. The van der Waals surface area contributed by atoms with Crippen molar-refractivity contribution in [2.75, 3.05) is 32.1 Å². The van der Waals surface area contributed by atoms with E-state index < -0.39 is 5.97 Å². The van der Waals surface area contributed by atoms with Crippen molar-refractivity contribution in [3.63, 3.8) is 0 Å². The minimum Gasteiger partial charge on any atom is -0.480 e. The van der Waals surface area contributed by atoms with E-state index >= 15 is 0 Å². The van der Waals surface area contributed by atoms with E-state index in [0.29, 0.717) is 6.42 Å². The minimum absolute atomic E-state index is 0.0694. The average Bonchev–Trinajstić information content (AvgIpc) is 2.54. The van der Waals surface area contributed by atoms with Crippen LogP contribution in [-0.4, -0.2) is 61.2 Å². The summed E-state index contributed by atoms with van der Waals surface area (Å²) in [6, 6.07) is 8.66. The van der Waals surface area contributed by atoms with Crippen LogP contribution in [0.3, 0.4) is 0 Å². The van der Waals surface area contributed by atoms with Crippen molar-refractivity contribution in [1.82, 2.24) is 10.2 Å². The molecule has 0 radical (unpaired) electrons. The first kappa shape index (κ1) is 19.2. The second-order valence-corrected chi connectivity index (χ2v) is 6.91. The van der Waals surface area contributed by atoms with Crippen molar-refractivity contribution >= 4 is 17.6 Å². The minimum atomic E-state index is -0.797. The Morgan fingerprint density at radius 1 is 1.28 bits per heavy atom. The molecule has 1 amide bonds. The van der Waals surface area contributed by atoms with Gasteiger partial charge in [0.2, 0.25) is 5.91 Å². The fraction of sp³-hybridized carbons (Fsp3) is 0.579. The number of aryl methyl sites for hydroxylation is 1. The zero-order valence-electron chi connectivity index (χ0n) is 15.4. The standard InChI is InChI=1S/C19H29N3O3/c1-4-22(13-19(24)25)17-11-15(12-17)20-18(23)9-8-14-6-5-7-16(10-14)21(2)3/h5-7,10,15,17H,4,8-9,11-13H2,1-3H3,(H,20,23)(H,24,25). The molecule has 2 rings (SSSR count). The molecule has 1 saturated carbocycles. The number of aliphatic carboxylic acids is 1. The number of rotatable bonds is 9. The number of nitrogens with one attached hydrogen (secondary N) is 1. The molecule has 0 atom stereocenters. The predicted molar refractivity (Wildman–Crippen MR) is 98.9 cm³/mol. The van der Waals surface area contributed by atoms with Gasteiger partial charge in [-0.05, 0) is 43.5 Å². The van der Waals surface area contributed by atoms with Crippen LogP contribution >= 0.6 is 0 Å². The highest BCUT2D eigenvalue weighted by atomic mass is 16.4. The van der Waals surface area contributed by atoms with E-state index in [2.05, 4.69) is 22.3 Å². The highest BCUT2D eigenvalue weighted by Gasteiger charge is 2.34. The maximum atomic E-state index is 12.1. The fourth-order valence-electron chi connectivity index (χ4n) is 3.22. The summed E-state index contributed by atoms with van der Waals surface area (Å²) in [4.78, 5) is 27.0. The highest BCUT2D eigenvalue weighted by molar-refractivity contribution is 5.76. The Kier molecular flexibility index (Phi) is 6.82. The van der Waals surface area contributed by atoms with E-state index in [1.807, 2.05) is 38.1 Å². The number of carbonyl (C=O) groups excluding carboxylic acids is 1. The van der Waals surface area contributed by atoms with E-state index in [4.69, 9.17) is 5.11 Å². The molecule has 25 heavy (non-hydrogen) atoms. The number of amides is 1. The summed E-state index contributed by atoms with van der Waals surface area (Å²) < 4.78 is 0. The van der Waals surface area contributed by atoms with Crippen molar-refractivity contribution in [3.8, 4) is 0 Å². The van der Waals surface area contributed by atoms with Crippen molar-refractivity contribution < 1.29 is 14.7 Å². The lowest BCUT2D eigenvalue weighted by molar-refractivity contribution is -0.139. The third-order valence-electron chi connectivity index (χ3n) is 4.81. The molecule has 0 aromatic heterocycles. The van der Waals surface area contributed by atoms with Gasteiger partial charge in [-0.25, -0.2) is 0 Å². The van der Waals surface area contributed by atoms with E-state index in [9.17, 15) is 9.59 Å². The number of likely N-dealkylation sites (N-methyl/N-ethyl adjacent to an activating group) is 1. The molecule has 2 N–H and O–H groups in total. The Bertz CT molecular complexity index is 597. The van der Waals surface area contributed by atoms with Gasteiger partial charge in [0, 0.05) is 38.3 Å². The smallest absolute Gasteiger partial charge is 0.317 e. The molecule has 0 aliphatic heterocycles. The van der Waals surface area contributed by atoms with Gasteiger partial charge in [-0.1, -0.05) is 19.1 Å². The van der Waals surface area contributed by atoms with Gasteiger partial charge in [-0.15, -0.1) is 0 Å². The lowest BCUT2D eigenvalue weighted by Crippen LogP contribution is -2.54. The molecule has 0 heterocycles. The topological polar surface area (TPSA) is 72.9 Å². The van der Waals surface area contributed by atoms with Crippen molar-refractivity contribution in [3.05, 3.63) is 29.8 Å². The summed E-state index contributed by atoms with van der Waals surface area (Å²) >= 11 is 0. The molecular weight excluding hydrogens is 318 g/mol. The Hall–Kier alpha value is -2.08. The van der Waals surface area contributed by atoms with Gasteiger partial charge in [0.25, 0.3) is 0 Å². The zero-order chi connectivity index (χ0) is 18.4. The molecule has 1 fully saturated rings. The van der Waals surface area contributed by atoms with Crippen molar-refractivity contribution in [2.45, 2.75) is 44.7 Å². The Balaban J connectivity index is 1.72. The Morgan fingerprint density at radius 3 is 2.60 bits per heavy atom. The summed E-state index contributed by atoms with van der Waals surface area (Å²) in [6.45, 7) is 2.76. The molecule has 1 aromatic carbocycles. The summed E-state index contributed by atoms with van der Waals surface area (Å²) in [5, 5.41) is 12.0. The lowest BCUT2D eigenvalue weighted by atomic mass is 9.85. The maximum Gasteiger partial charge on any atom is 0.317 e. The number of nitrogens with zero attached hydrogens (tertiary/aromatic N) is 2. The molecule has 0 spiro atoms. The van der Waals surface area contributed by atoms with Crippen LogP contribution in [0.15, 0.2) is 24.3 Å². The Labute approximate surface area is 149 Å². The van der Waals surface area contributed by atoms with Gasteiger partial charge >= 0.3 is 5.97 Å². The summed E-state index contributed by atoms with van der Waals surface area (Å²) in [7, 11) is 4.01. The number of carbonyl (C=O) groups is 2. The average molecular weight is 347 g/mol. The lowest BCUT2D eigenvalue weighted by Gasteiger charge is -2.42. The molecule has 0 unspecified atom stereocenters. The van der Waals surface area contributed by atoms with Gasteiger partial charge < -0.3 is 15.3 Å². The van der Waals surface area contributed by atoms with Gasteiger partial charge in [0.05, 0.1) is 6.54 Å². The normalized spacial score (nSPS) is 19.4. The maximum absolute atomic E-state index is 12.1. The van der Waals surface area contributed by atoms with Crippen LogP contribution in [0, 0.1) is 0 Å². The van der Waals surface area contributed by atoms with Crippen LogP contribution < -0.4 is 10.2 Å². The van der Waals surface area contributed by atoms with Crippen LogP contribution in [0.5, 0.6) is 0 Å².